The van der Waals surface area contributed by atoms with Crippen molar-refractivity contribution >= 4 is 76.5 Å². The third-order valence-electron chi connectivity index (χ3n) is 11.1. The molecule has 0 unspecified atom stereocenters. The second kappa shape index (κ2) is 10.3. The Labute approximate surface area is 298 Å². The topological polar surface area (TPSA) is 19.7 Å². The van der Waals surface area contributed by atoms with Crippen molar-refractivity contribution in [2.45, 2.75) is 0 Å². The molecule has 0 N–H and O–H groups in total. The molecule has 4 aromatic heterocycles. The molecule has 242 valence electrons. The minimum Gasteiger partial charge on any atom is -0.309 e. The number of fused-ring (bicyclic) bond motifs is 6. The van der Waals surface area contributed by atoms with E-state index in [1.54, 1.807) is 0 Å². The molecule has 12 rings (SSSR count). The van der Waals surface area contributed by atoms with Crippen molar-refractivity contribution in [3.63, 3.8) is 0 Å². The van der Waals surface area contributed by atoms with Crippen LogP contribution in [0.5, 0.6) is 0 Å². The largest absolute Gasteiger partial charge is 0.309 e. The van der Waals surface area contributed by atoms with Crippen LogP contribution in [-0.4, -0.2) is 18.3 Å². The molecule has 0 saturated heterocycles. The van der Waals surface area contributed by atoms with Gasteiger partial charge in [-0.2, -0.15) is 0 Å². The second-order valence-electron chi connectivity index (χ2n) is 13.7. The summed E-state index contributed by atoms with van der Waals surface area (Å²) in [6.07, 6.45) is 0. The highest BCUT2D eigenvalue weighted by molar-refractivity contribution is 6.27. The van der Waals surface area contributed by atoms with Crippen LogP contribution in [0.15, 0.2) is 182 Å². The Hall–Kier alpha value is -7.04. The van der Waals surface area contributed by atoms with Crippen molar-refractivity contribution in [2.75, 3.05) is 0 Å². The SMILES string of the molecule is c1ccc(-n2c3ccccc3c3c(-n4c5cccc6c5c5c4cccc5n6-c4cccc5c4c4ccccc4n5-c4ccccc4)cccc32)cc1. The second-order valence-corrected chi connectivity index (χ2v) is 13.7. The lowest BCUT2D eigenvalue weighted by Gasteiger charge is -2.15. The molecule has 0 bridgehead atoms. The van der Waals surface area contributed by atoms with Crippen LogP contribution in [0.3, 0.4) is 0 Å². The summed E-state index contributed by atoms with van der Waals surface area (Å²) < 4.78 is 9.81. The van der Waals surface area contributed by atoms with Crippen molar-refractivity contribution in [2.24, 2.45) is 0 Å². The smallest absolute Gasteiger partial charge is 0.0563 e. The standard InChI is InChI=1S/C48H30N4/c1-3-15-31(16-4-1)49-35-21-9-7-19-33(35)45-37(49)23-11-25-39(45)51-41-27-13-29-43-47(41)48-42(51)28-14-30-44(48)52(43)40-26-12-24-38-46(40)34-20-8-10-22-36(34)50(38)32-17-5-2-6-18-32/h1-30H. The average molecular weight is 663 g/mol. The van der Waals surface area contributed by atoms with Gasteiger partial charge in [-0.05, 0) is 84.9 Å². The van der Waals surface area contributed by atoms with Crippen LogP contribution in [0.2, 0.25) is 0 Å². The highest BCUT2D eigenvalue weighted by atomic mass is 15.1. The van der Waals surface area contributed by atoms with E-state index in [2.05, 4.69) is 200 Å². The Bertz CT molecular complexity index is 3050. The molecule has 0 aliphatic carbocycles. The van der Waals surface area contributed by atoms with E-state index < -0.39 is 0 Å². The van der Waals surface area contributed by atoms with Gasteiger partial charge in [0, 0.05) is 43.7 Å². The van der Waals surface area contributed by atoms with Crippen LogP contribution in [0.4, 0.5) is 0 Å². The van der Waals surface area contributed by atoms with Crippen molar-refractivity contribution in [3.05, 3.63) is 182 Å². The lowest BCUT2D eigenvalue weighted by Crippen LogP contribution is -1.99. The maximum absolute atomic E-state index is 2.50. The molecule has 4 nitrogen and oxygen atoms in total. The van der Waals surface area contributed by atoms with E-state index in [1.807, 2.05) is 0 Å². The number of rotatable bonds is 4. The van der Waals surface area contributed by atoms with Gasteiger partial charge < -0.3 is 18.3 Å². The van der Waals surface area contributed by atoms with Crippen molar-refractivity contribution < 1.29 is 0 Å². The van der Waals surface area contributed by atoms with E-state index in [9.17, 15) is 0 Å². The summed E-state index contributed by atoms with van der Waals surface area (Å²) in [5, 5.41) is 7.60. The molecule has 0 aliphatic heterocycles. The third-order valence-corrected chi connectivity index (χ3v) is 11.1. The Morgan fingerprint density at radius 1 is 0.212 bits per heavy atom. The van der Waals surface area contributed by atoms with E-state index in [0.29, 0.717) is 0 Å². The van der Waals surface area contributed by atoms with E-state index >= 15 is 0 Å². The van der Waals surface area contributed by atoms with Gasteiger partial charge in [-0.1, -0.05) is 97.1 Å². The van der Waals surface area contributed by atoms with Gasteiger partial charge in [-0.25, -0.2) is 0 Å². The fourth-order valence-electron chi connectivity index (χ4n) is 9.18. The molecule has 0 fully saturated rings. The lowest BCUT2D eigenvalue weighted by atomic mass is 10.1. The summed E-state index contributed by atoms with van der Waals surface area (Å²) in [5.74, 6) is 0. The number of aromatic nitrogens is 4. The van der Waals surface area contributed by atoms with E-state index in [0.717, 1.165) is 11.4 Å². The van der Waals surface area contributed by atoms with Crippen molar-refractivity contribution in [1.29, 1.82) is 0 Å². The van der Waals surface area contributed by atoms with Crippen LogP contribution < -0.4 is 0 Å². The predicted molar refractivity (Wildman–Crippen MR) is 217 cm³/mol. The molecule has 0 amide bonds. The summed E-state index contributed by atoms with van der Waals surface area (Å²) in [6, 6.07) is 66.2. The normalized spacial score (nSPS) is 12.2. The minimum absolute atomic E-state index is 1.16. The number of nitrogens with zero attached hydrogens (tertiary/aromatic N) is 4. The van der Waals surface area contributed by atoms with Gasteiger partial charge in [-0.3, -0.25) is 0 Å². The molecule has 4 heterocycles. The van der Waals surface area contributed by atoms with Crippen LogP contribution in [0.1, 0.15) is 0 Å². The zero-order chi connectivity index (χ0) is 33.9. The van der Waals surface area contributed by atoms with Crippen LogP contribution in [0, 0.1) is 0 Å². The van der Waals surface area contributed by atoms with Gasteiger partial charge in [0.15, 0.2) is 0 Å². The first-order valence-corrected chi connectivity index (χ1v) is 17.9. The highest BCUT2D eigenvalue weighted by Gasteiger charge is 2.26. The van der Waals surface area contributed by atoms with Crippen LogP contribution >= 0.6 is 0 Å². The zero-order valence-electron chi connectivity index (χ0n) is 28.1. The summed E-state index contributed by atoms with van der Waals surface area (Å²) in [4.78, 5) is 0. The number of hydrogen-bond donors (Lipinski definition) is 0. The zero-order valence-corrected chi connectivity index (χ0v) is 28.1. The van der Waals surface area contributed by atoms with Crippen LogP contribution in [0.25, 0.3) is 99.2 Å². The third kappa shape index (κ3) is 3.50. The van der Waals surface area contributed by atoms with Gasteiger partial charge >= 0.3 is 0 Å². The molecule has 0 aliphatic rings. The summed E-state index contributed by atoms with van der Waals surface area (Å²) in [6.45, 7) is 0. The monoisotopic (exact) mass is 662 g/mol. The molecule has 4 heteroatoms. The van der Waals surface area contributed by atoms with Gasteiger partial charge in [0.25, 0.3) is 0 Å². The van der Waals surface area contributed by atoms with E-state index in [-0.39, 0.29) is 0 Å². The van der Waals surface area contributed by atoms with E-state index in [1.165, 1.54) is 87.8 Å². The first-order valence-electron chi connectivity index (χ1n) is 17.9. The first-order chi connectivity index (χ1) is 25.9. The Kier molecular flexibility index (Phi) is 5.47. The fraction of sp³-hybridized carbons (Fsp3) is 0. The van der Waals surface area contributed by atoms with Crippen LogP contribution in [-0.2, 0) is 0 Å². The number of benzene rings is 8. The number of hydrogen-bond acceptors (Lipinski definition) is 0. The average Bonchev–Trinajstić information content (AvgIpc) is 3.94. The molecule has 8 aromatic carbocycles. The summed E-state index contributed by atoms with van der Waals surface area (Å²) in [5.41, 5.74) is 14.4. The number of para-hydroxylation sites is 4. The van der Waals surface area contributed by atoms with Gasteiger partial charge in [0.1, 0.15) is 0 Å². The van der Waals surface area contributed by atoms with Crippen molar-refractivity contribution in [3.8, 4) is 22.7 Å². The minimum atomic E-state index is 1.16. The highest BCUT2D eigenvalue weighted by Crippen LogP contribution is 2.46. The Morgan fingerprint density at radius 3 is 0.923 bits per heavy atom. The van der Waals surface area contributed by atoms with Gasteiger partial charge in [-0.15, -0.1) is 0 Å². The maximum atomic E-state index is 2.50. The molecule has 0 spiro atoms. The quantitative estimate of drug-likeness (QED) is 0.179. The molecule has 0 radical (unpaired) electrons. The molecule has 52 heavy (non-hydrogen) atoms. The Morgan fingerprint density at radius 2 is 0.519 bits per heavy atom. The molecule has 0 saturated carbocycles. The Balaban J connectivity index is 1.18. The molecular weight excluding hydrogens is 633 g/mol. The molecular formula is C48H30N4. The summed E-state index contributed by atoms with van der Waals surface area (Å²) in [7, 11) is 0. The van der Waals surface area contributed by atoms with Crippen molar-refractivity contribution in [1.82, 2.24) is 18.3 Å². The summed E-state index contributed by atoms with van der Waals surface area (Å²) >= 11 is 0. The lowest BCUT2D eigenvalue weighted by molar-refractivity contribution is 1.16. The maximum Gasteiger partial charge on any atom is 0.0563 e. The predicted octanol–water partition coefficient (Wildman–Crippen LogP) is 12.4. The van der Waals surface area contributed by atoms with Gasteiger partial charge in [0.2, 0.25) is 0 Å². The van der Waals surface area contributed by atoms with E-state index in [4.69, 9.17) is 0 Å². The first kappa shape index (κ1) is 27.7. The fourth-order valence-corrected chi connectivity index (χ4v) is 9.18. The molecule has 0 atom stereocenters. The molecule has 12 aromatic rings. The van der Waals surface area contributed by atoms with Gasteiger partial charge in [0.05, 0.1) is 55.5 Å².